The topological polar surface area (TPSA) is 79.8 Å². The van der Waals surface area contributed by atoms with Gasteiger partial charge in [0.2, 0.25) is 15.9 Å². The summed E-state index contributed by atoms with van der Waals surface area (Å²) in [5.74, 6) is -0.0976. The number of halogens is 3. The minimum atomic E-state index is -4.71. The number of nitrogens with zero attached hydrogens (tertiary/aromatic N) is 3. The summed E-state index contributed by atoms with van der Waals surface area (Å²) in [6.45, 7) is 0.929. The van der Waals surface area contributed by atoms with Gasteiger partial charge in [-0.2, -0.15) is 4.31 Å². The molecule has 0 aromatic carbocycles. The molecule has 11 heteroatoms. The summed E-state index contributed by atoms with van der Waals surface area (Å²) < 4.78 is 68.1. The van der Waals surface area contributed by atoms with Crippen LogP contribution in [0.2, 0.25) is 0 Å². The van der Waals surface area contributed by atoms with Crippen LogP contribution in [0.1, 0.15) is 25.7 Å². The van der Waals surface area contributed by atoms with Crippen molar-refractivity contribution in [2.45, 2.75) is 43.0 Å². The van der Waals surface area contributed by atoms with Crippen molar-refractivity contribution in [2.75, 3.05) is 19.6 Å². The molecule has 1 unspecified atom stereocenters. The minimum absolute atomic E-state index is 0.0279. The standard InChI is InChI=1S/C20H22F3N3O4S/c21-20(22,23)30-16-3-1-15(2-4-16)26-14-9-19(18(26)27)7-12-25(13-8-19)31(28,29)17-5-10-24-11-6-17/h1-3,5-6,10-11,16H,4,7-9,12-14H2. The number of carbonyl (C=O) groups excluding carboxylic acids is 1. The Morgan fingerprint density at radius 1 is 1.10 bits per heavy atom. The maximum atomic E-state index is 13.2. The van der Waals surface area contributed by atoms with E-state index in [0.717, 1.165) is 0 Å². The fourth-order valence-electron chi connectivity index (χ4n) is 4.39. The van der Waals surface area contributed by atoms with Crippen molar-refractivity contribution in [3.63, 3.8) is 0 Å². The van der Waals surface area contributed by atoms with Gasteiger partial charge in [-0.3, -0.25) is 14.5 Å². The normalized spacial score (nSPS) is 24.6. The van der Waals surface area contributed by atoms with E-state index < -0.39 is 27.9 Å². The predicted molar refractivity (Wildman–Crippen MR) is 104 cm³/mol. The van der Waals surface area contributed by atoms with Gasteiger partial charge < -0.3 is 4.90 Å². The largest absolute Gasteiger partial charge is 0.523 e. The van der Waals surface area contributed by atoms with Crippen LogP contribution < -0.4 is 0 Å². The number of ether oxygens (including phenoxy) is 1. The first-order chi connectivity index (χ1) is 14.6. The second kappa shape index (κ2) is 8.03. The van der Waals surface area contributed by atoms with Gasteiger partial charge in [-0.05, 0) is 43.9 Å². The quantitative estimate of drug-likeness (QED) is 0.695. The van der Waals surface area contributed by atoms with Crippen LogP contribution in [0.5, 0.6) is 0 Å². The number of allylic oxidation sites excluding steroid dienone is 1. The Labute approximate surface area is 178 Å². The molecule has 1 aromatic heterocycles. The lowest BCUT2D eigenvalue weighted by Gasteiger charge is -2.37. The number of pyridine rings is 1. The lowest BCUT2D eigenvalue weighted by atomic mass is 9.77. The van der Waals surface area contributed by atoms with E-state index in [0.29, 0.717) is 31.5 Å². The first-order valence-corrected chi connectivity index (χ1v) is 11.4. The van der Waals surface area contributed by atoms with Crippen molar-refractivity contribution in [3.8, 4) is 0 Å². The number of carbonyl (C=O) groups is 1. The molecule has 3 heterocycles. The molecule has 168 valence electrons. The number of piperidine rings is 1. The molecule has 4 rings (SSSR count). The van der Waals surface area contributed by atoms with Crippen LogP contribution in [0.25, 0.3) is 0 Å². The number of amides is 1. The third-order valence-corrected chi connectivity index (χ3v) is 8.03. The second-order valence-electron chi connectivity index (χ2n) is 7.90. The van der Waals surface area contributed by atoms with Crippen LogP contribution in [0.3, 0.4) is 0 Å². The van der Waals surface area contributed by atoms with Gasteiger partial charge in [0, 0.05) is 37.7 Å². The molecule has 3 aliphatic rings. The highest BCUT2D eigenvalue weighted by Gasteiger charge is 2.50. The van der Waals surface area contributed by atoms with Crippen LogP contribution in [-0.4, -0.2) is 60.6 Å². The molecule has 1 aromatic rings. The summed E-state index contributed by atoms with van der Waals surface area (Å²) in [6, 6.07) is 2.89. The third kappa shape index (κ3) is 4.39. The van der Waals surface area contributed by atoms with E-state index in [-0.39, 0.29) is 30.3 Å². The Morgan fingerprint density at radius 3 is 2.32 bits per heavy atom. The second-order valence-corrected chi connectivity index (χ2v) is 9.84. The van der Waals surface area contributed by atoms with Crippen LogP contribution in [0, 0.1) is 5.41 Å². The number of hydrogen-bond donors (Lipinski definition) is 0. The molecule has 2 fully saturated rings. The van der Waals surface area contributed by atoms with Crippen molar-refractivity contribution in [3.05, 3.63) is 48.5 Å². The van der Waals surface area contributed by atoms with E-state index in [1.807, 2.05) is 0 Å². The molecule has 2 saturated heterocycles. The summed E-state index contributed by atoms with van der Waals surface area (Å²) in [5.41, 5.74) is -0.0751. The first-order valence-electron chi connectivity index (χ1n) is 9.96. The van der Waals surface area contributed by atoms with E-state index in [4.69, 9.17) is 0 Å². The average Bonchev–Trinajstić information content (AvgIpc) is 3.04. The van der Waals surface area contributed by atoms with Crippen molar-refractivity contribution >= 4 is 15.9 Å². The van der Waals surface area contributed by atoms with Gasteiger partial charge in [-0.1, -0.05) is 12.2 Å². The zero-order valence-electron chi connectivity index (χ0n) is 16.6. The molecular weight excluding hydrogens is 435 g/mol. The smallest absolute Gasteiger partial charge is 0.312 e. The Hall–Kier alpha value is -2.24. The SMILES string of the molecule is O=C1N(C2=CCC(OC(F)(F)F)C=C2)CCC12CCN(S(=O)(=O)c1ccncc1)CC2. The molecule has 1 atom stereocenters. The van der Waals surface area contributed by atoms with Crippen molar-refractivity contribution in [2.24, 2.45) is 5.41 Å². The van der Waals surface area contributed by atoms with E-state index in [9.17, 15) is 26.4 Å². The van der Waals surface area contributed by atoms with Gasteiger partial charge in [0.15, 0.2) is 0 Å². The molecule has 1 aliphatic carbocycles. The lowest BCUT2D eigenvalue weighted by Crippen LogP contribution is -2.46. The summed E-state index contributed by atoms with van der Waals surface area (Å²) in [4.78, 5) is 18.8. The highest BCUT2D eigenvalue weighted by Crippen LogP contribution is 2.44. The molecule has 0 saturated carbocycles. The number of aromatic nitrogens is 1. The maximum absolute atomic E-state index is 13.2. The van der Waals surface area contributed by atoms with Gasteiger partial charge in [0.05, 0.1) is 16.4 Å². The fraction of sp³-hybridized carbons (Fsp3) is 0.500. The van der Waals surface area contributed by atoms with Gasteiger partial charge in [-0.15, -0.1) is 13.2 Å². The predicted octanol–water partition coefficient (Wildman–Crippen LogP) is 2.83. The molecule has 7 nitrogen and oxygen atoms in total. The zero-order chi connectivity index (χ0) is 22.3. The minimum Gasteiger partial charge on any atom is -0.312 e. The number of likely N-dealkylation sites (tertiary alicyclic amines) is 1. The number of rotatable bonds is 4. The number of sulfonamides is 1. The maximum Gasteiger partial charge on any atom is 0.523 e. The summed E-state index contributed by atoms with van der Waals surface area (Å²) in [6.07, 6.45) is 2.84. The van der Waals surface area contributed by atoms with Gasteiger partial charge in [-0.25, -0.2) is 8.42 Å². The molecular formula is C20H22F3N3O4S. The van der Waals surface area contributed by atoms with Crippen LogP contribution in [0.15, 0.2) is 53.3 Å². The van der Waals surface area contributed by atoms with Crippen LogP contribution in [-0.2, 0) is 19.6 Å². The third-order valence-electron chi connectivity index (χ3n) is 6.12. The van der Waals surface area contributed by atoms with E-state index in [1.165, 1.54) is 41.0 Å². The lowest BCUT2D eigenvalue weighted by molar-refractivity contribution is -0.336. The van der Waals surface area contributed by atoms with E-state index in [1.54, 1.807) is 11.0 Å². The monoisotopic (exact) mass is 457 g/mol. The number of alkyl halides is 3. The van der Waals surface area contributed by atoms with Crippen molar-refractivity contribution in [1.82, 2.24) is 14.2 Å². The Balaban J connectivity index is 1.40. The zero-order valence-corrected chi connectivity index (χ0v) is 17.4. The van der Waals surface area contributed by atoms with E-state index >= 15 is 0 Å². The molecule has 0 radical (unpaired) electrons. The molecule has 0 bridgehead atoms. The molecule has 1 spiro atoms. The number of hydrogen-bond acceptors (Lipinski definition) is 5. The molecule has 1 amide bonds. The summed E-state index contributed by atoms with van der Waals surface area (Å²) >= 11 is 0. The van der Waals surface area contributed by atoms with Gasteiger partial charge in [0.1, 0.15) is 0 Å². The highest BCUT2D eigenvalue weighted by molar-refractivity contribution is 7.89. The molecule has 2 aliphatic heterocycles. The Bertz CT molecular complexity index is 1000. The highest BCUT2D eigenvalue weighted by atomic mass is 32.2. The van der Waals surface area contributed by atoms with Crippen molar-refractivity contribution in [1.29, 1.82) is 0 Å². The Morgan fingerprint density at radius 2 is 1.74 bits per heavy atom. The molecule has 31 heavy (non-hydrogen) atoms. The first kappa shape index (κ1) is 22.0. The van der Waals surface area contributed by atoms with Crippen LogP contribution in [0.4, 0.5) is 13.2 Å². The van der Waals surface area contributed by atoms with Gasteiger partial charge in [0.25, 0.3) is 0 Å². The molecule has 0 N–H and O–H groups in total. The fourth-order valence-corrected chi connectivity index (χ4v) is 5.82. The van der Waals surface area contributed by atoms with Crippen LogP contribution >= 0.6 is 0 Å². The average molecular weight is 457 g/mol. The Kier molecular flexibility index (Phi) is 5.69. The van der Waals surface area contributed by atoms with E-state index in [2.05, 4.69) is 9.72 Å². The summed E-state index contributed by atoms with van der Waals surface area (Å²) in [5, 5.41) is 0. The van der Waals surface area contributed by atoms with Crippen molar-refractivity contribution < 1.29 is 31.1 Å². The van der Waals surface area contributed by atoms with Gasteiger partial charge >= 0.3 is 6.36 Å². The summed E-state index contributed by atoms with van der Waals surface area (Å²) in [7, 11) is -3.64.